The number of hydroxylamine groups is 1. The lowest BCUT2D eigenvalue weighted by Gasteiger charge is -2.37. The van der Waals surface area contributed by atoms with Crippen molar-refractivity contribution >= 4 is 44.7 Å². The number of fused-ring (bicyclic) bond motifs is 2. The fraction of sp³-hybridized carbons (Fsp3) is 0.440. The van der Waals surface area contributed by atoms with E-state index in [1.807, 2.05) is 12.1 Å². The summed E-state index contributed by atoms with van der Waals surface area (Å²) in [5, 5.41) is 2.68. The zero-order valence-corrected chi connectivity index (χ0v) is 20.1. The van der Waals surface area contributed by atoms with E-state index >= 15 is 0 Å². The maximum atomic E-state index is 12.5. The number of methoxy groups -OCH3 is 1. The highest BCUT2D eigenvalue weighted by Crippen LogP contribution is 2.37. The third kappa shape index (κ3) is 4.25. The number of anilines is 3. The fourth-order valence-corrected chi connectivity index (χ4v) is 5.45. The van der Waals surface area contributed by atoms with E-state index in [-0.39, 0.29) is 5.91 Å². The first-order valence-electron chi connectivity index (χ1n) is 11.7. The first kappa shape index (κ1) is 22.0. The van der Waals surface area contributed by atoms with Crippen LogP contribution in [0.4, 0.5) is 17.2 Å². The molecule has 3 aromatic rings. The van der Waals surface area contributed by atoms with Crippen molar-refractivity contribution in [1.82, 2.24) is 4.37 Å². The molecule has 0 N–H and O–H groups in total. The zero-order chi connectivity index (χ0) is 22.8. The zero-order valence-electron chi connectivity index (χ0n) is 19.2. The number of carbonyl (C=O) groups is 1. The third-order valence-electron chi connectivity index (χ3n) is 6.45. The Kier molecular flexibility index (Phi) is 6.37. The Morgan fingerprint density at radius 2 is 1.88 bits per heavy atom. The van der Waals surface area contributed by atoms with E-state index in [2.05, 4.69) is 41.0 Å². The summed E-state index contributed by atoms with van der Waals surface area (Å²) in [6.45, 7) is 6.26. The Labute approximate surface area is 198 Å². The number of benzene rings is 2. The highest BCUT2D eigenvalue weighted by atomic mass is 32.1. The molecule has 1 fully saturated rings. The molecule has 0 radical (unpaired) electrons. The third-order valence-corrected chi connectivity index (χ3v) is 7.32. The minimum Gasteiger partial charge on any atom is -0.495 e. The van der Waals surface area contributed by atoms with E-state index in [9.17, 15) is 4.79 Å². The average molecular weight is 467 g/mol. The molecule has 0 saturated carbocycles. The number of hydrogen-bond donors (Lipinski definition) is 0. The molecule has 0 bridgehead atoms. The van der Waals surface area contributed by atoms with Crippen molar-refractivity contribution < 1.29 is 14.4 Å². The first-order chi connectivity index (χ1) is 16.2. The van der Waals surface area contributed by atoms with Crippen molar-refractivity contribution in [2.45, 2.75) is 32.6 Å². The summed E-state index contributed by atoms with van der Waals surface area (Å²) in [5.41, 5.74) is 3.22. The summed E-state index contributed by atoms with van der Waals surface area (Å²) in [6, 6.07) is 12.6. The molecule has 2 aromatic carbocycles. The first-order valence-corrected chi connectivity index (χ1v) is 12.5. The summed E-state index contributed by atoms with van der Waals surface area (Å²) in [4.78, 5) is 23.1. The normalized spacial score (nSPS) is 16.4. The number of unbranched alkanes of at least 4 members (excludes halogenated alkanes) is 1. The molecule has 0 spiro atoms. The maximum Gasteiger partial charge on any atom is 0.251 e. The van der Waals surface area contributed by atoms with Gasteiger partial charge >= 0.3 is 0 Å². The largest absolute Gasteiger partial charge is 0.495 e. The van der Waals surface area contributed by atoms with Gasteiger partial charge in [0, 0.05) is 43.7 Å². The lowest BCUT2D eigenvalue weighted by atomic mass is 10.0. The number of carbonyl (C=O) groups excluding carboxylic acids is 1. The molecule has 1 saturated heterocycles. The van der Waals surface area contributed by atoms with Crippen LogP contribution in [0.3, 0.4) is 0 Å². The van der Waals surface area contributed by atoms with Gasteiger partial charge < -0.3 is 14.5 Å². The van der Waals surface area contributed by atoms with E-state index in [4.69, 9.17) is 13.9 Å². The van der Waals surface area contributed by atoms with Gasteiger partial charge in [-0.3, -0.25) is 9.63 Å². The second-order valence-electron chi connectivity index (χ2n) is 8.51. The van der Waals surface area contributed by atoms with Gasteiger partial charge in [-0.25, -0.2) is 0 Å². The van der Waals surface area contributed by atoms with Gasteiger partial charge in [0.15, 0.2) is 0 Å². The fourth-order valence-electron chi connectivity index (χ4n) is 4.56. The van der Waals surface area contributed by atoms with Gasteiger partial charge in [-0.15, -0.1) is 0 Å². The van der Waals surface area contributed by atoms with Crippen LogP contribution in [-0.4, -0.2) is 50.2 Å². The monoisotopic (exact) mass is 466 g/mol. The quantitative estimate of drug-likeness (QED) is 0.473. The number of nitrogens with zero attached hydrogens (tertiary/aromatic N) is 4. The van der Waals surface area contributed by atoms with E-state index in [0.717, 1.165) is 78.5 Å². The molecule has 174 valence electrons. The Morgan fingerprint density at radius 3 is 2.67 bits per heavy atom. The molecule has 1 amide bonds. The maximum absolute atomic E-state index is 12.5. The lowest BCUT2D eigenvalue weighted by molar-refractivity contribution is -0.126. The van der Waals surface area contributed by atoms with Gasteiger partial charge in [-0.1, -0.05) is 25.5 Å². The molecule has 8 heteroatoms. The SMILES string of the molecule is CCCCON1C(=O)CCc2ccc(N3CCN(c4nsc5c(OC)cccc45)CC3)cc21. The van der Waals surface area contributed by atoms with E-state index in [0.29, 0.717) is 13.0 Å². The van der Waals surface area contributed by atoms with Crippen LogP contribution < -0.4 is 19.6 Å². The van der Waals surface area contributed by atoms with E-state index < -0.39 is 0 Å². The van der Waals surface area contributed by atoms with Crippen molar-refractivity contribution in [3.8, 4) is 5.75 Å². The second kappa shape index (κ2) is 9.57. The van der Waals surface area contributed by atoms with Gasteiger partial charge in [0.25, 0.3) is 5.91 Å². The molecule has 0 unspecified atom stereocenters. The summed E-state index contributed by atoms with van der Waals surface area (Å²) in [5.74, 6) is 1.97. The summed E-state index contributed by atoms with van der Waals surface area (Å²) >= 11 is 1.50. The lowest BCUT2D eigenvalue weighted by Crippen LogP contribution is -2.46. The predicted molar refractivity (Wildman–Crippen MR) is 134 cm³/mol. The predicted octanol–water partition coefficient (Wildman–Crippen LogP) is 4.64. The number of amides is 1. The van der Waals surface area contributed by atoms with Crippen LogP contribution in [0.5, 0.6) is 5.75 Å². The van der Waals surface area contributed by atoms with Crippen LogP contribution in [0.15, 0.2) is 36.4 Å². The average Bonchev–Trinajstić information content (AvgIpc) is 3.30. The summed E-state index contributed by atoms with van der Waals surface area (Å²) in [7, 11) is 1.70. The minimum absolute atomic E-state index is 0.0476. The minimum atomic E-state index is 0.0476. The Morgan fingerprint density at radius 1 is 1.06 bits per heavy atom. The second-order valence-corrected chi connectivity index (χ2v) is 9.28. The molecule has 3 heterocycles. The van der Waals surface area contributed by atoms with Crippen molar-refractivity contribution in [3.05, 3.63) is 42.0 Å². The molecule has 5 rings (SSSR count). The van der Waals surface area contributed by atoms with Crippen molar-refractivity contribution in [1.29, 1.82) is 0 Å². The molecule has 0 atom stereocenters. The summed E-state index contributed by atoms with van der Waals surface area (Å²) in [6.07, 6.45) is 3.26. The van der Waals surface area contributed by atoms with Crippen molar-refractivity contribution in [2.75, 3.05) is 54.8 Å². The number of ether oxygens (including phenoxy) is 1. The number of rotatable bonds is 7. The Balaban J connectivity index is 1.31. The number of piperazine rings is 1. The van der Waals surface area contributed by atoms with E-state index in [1.165, 1.54) is 22.2 Å². The number of aryl methyl sites for hydroxylation is 1. The topological polar surface area (TPSA) is 58.1 Å². The molecule has 2 aliphatic heterocycles. The molecule has 0 aliphatic carbocycles. The molecular formula is C25H30N4O3S. The van der Waals surface area contributed by atoms with Gasteiger partial charge in [0.05, 0.1) is 24.1 Å². The van der Waals surface area contributed by atoms with Crippen LogP contribution in [0.1, 0.15) is 31.7 Å². The van der Waals surface area contributed by atoms with Crippen molar-refractivity contribution in [3.63, 3.8) is 0 Å². The smallest absolute Gasteiger partial charge is 0.251 e. The highest BCUT2D eigenvalue weighted by molar-refractivity contribution is 7.14. The number of hydrogen-bond acceptors (Lipinski definition) is 7. The van der Waals surface area contributed by atoms with Gasteiger partial charge in [-0.2, -0.15) is 9.44 Å². The Hall–Kier alpha value is -2.84. The number of aromatic nitrogens is 1. The standard InChI is InChI=1S/C25H30N4O3S/c1-3-4-16-32-29-21-17-19(10-8-18(21)9-11-23(29)30)27-12-14-28(15-13-27)25-20-6-5-7-22(31-2)24(20)33-26-25/h5-8,10,17H,3-4,9,11-16H2,1-2H3. The van der Waals surface area contributed by atoms with Gasteiger partial charge in [-0.05, 0) is 54.2 Å². The van der Waals surface area contributed by atoms with Crippen LogP contribution in [0.2, 0.25) is 0 Å². The van der Waals surface area contributed by atoms with Crippen LogP contribution in [0, 0.1) is 0 Å². The van der Waals surface area contributed by atoms with Gasteiger partial charge in [0.1, 0.15) is 11.6 Å². The van der Waals surface area contributed by atoms with Crippen molar-refractivity contribution in [2.24, 2.45) is 0 Å². The molecular weight excluding hydrogens is 436 g/mol. The van der Waals surface area contributed by atoms with Gasteiger partial charge in [0.2, 0.25) is 0 Å². The van der Waals surface area contributed by atoms with Crippen LogP contribution in [-0.2, 0) is 16.1 Å². The summed E-state index contributed by atoms with van der Waals surface area (Å²) < 4.78 is 11.3. The van der Waals surface area contributed by atoms with E-state index in [1.54, 1.807) is 7.11 Å². The highest BCUT2D eigenvalue weighted by Gasteiger charge is 2.27. The van der Waals surface area contributed by atoms with Crippen LogP contribution in [0.25, 0.3) is 10.1 Å². The van der Waals surface area contributed by atoms with Crippen LogP contribution >= 0.6 is 11.5 Å². The molecule has 7 nitrogen and oxygen atoms in total. The molecule has 1 aromatic heterocycles. The molecule has 33 heavy (non-hydrogen) atoms. The Bertz CT molecular complexity index is 1140. The molecule has 2 aliphatic rings.